The van der Waals surface area contributed by atoms with Crippen LogP contribution in [0.3, 0.4) is 0 Å². The van der Waals surface area contributed by atoms with Crippen molar-refractivity contribution >= 4 is 8.07 Å². The molecule has 0 amide bonds. The van der Waals surface area contributed by atoms with Crippen molar-refractivity contribution in [1.29, 1.82) is 0 Å². The third-order valence-corrected chi connectivity index (χ3v) is 2.57. The molecule has 2 nitrogen and oxygen atoms in total. The SMILES string of the molecule is Cc1n[nH]c(C)c1C#C[Si](C)(C)C. The van der Waals surface area contributed by atoms with Crippen LogP contribution in [0.5, 0.6) is 0 Å². The molecular formula is C10H16N2Si. The minimum absolute atomic E-state index is 1.00. The van der Waals surface area contributed by atoms with Crippen molar-refractivity contribution in [1.82, 2.24) is 10.2 Å². The zero-order chi connectivity index (χ0) is 10.1. The predicted octanol–water partition coefficient (Wildman–Crippen LogP) is 2.26. The quantitative estimate of drug-likeness (QED) is 0.496. The highest BCUT2D eigenvalue weighted by Gasteiger charge is 2.09. The Morgan fingerprint density at radius 2 is 1.85 bits per heavy atom. The average molecular weight is 192 g/mol. The number of hydrogen-bond acceptors (Lipinski definition) is 1. The minimum atomic E-state index is -1.26. The van der Waals surface area contributed by atoms with E-state index in [1.807, 2.05) is 13.8 Å². The molecule has 0 fully saturated rings. The van der Waals surface area contributed by atoms with Crippen molar-refractivity contribution in [3.8, 4) is 11.5 Å². The van der Waals surface area contributed by atoms with Gasteiger partial charge < -0.3 is 0 Å². The minimum Gasteiger partial charge on any atom is -0.281 e. The molecule has 0 saturated heterocycles. The highest BCUT2D eigenvalue weighted by molar-refractivity contribution is 6.83. The fraction of sp³-hybridized carbons (Fsp3) is 0.500. The Labute approximate surface area is 80.8 Å². The third kappa shape index (κ3) is 2.74. The smallest absolute Gasteiger partial charge is 0.129 e. The standard InChI is InChI=1S/C10H16N2Si/c1-8-10(9(2)12-11-8)6-7-13(3,4)5/h1-5H3,(H,11,12). The zero-order valence-electron chi connectivity index (χ0n) is 8.95. The molecule has 0 unspecified atom stereocenters. The predicted molar refractivity (Wildman–Crippen MR) is 58.3 cm³/mol. The molecule has 0 radical (unpaired) electrons. The van der Waals surface area contributed by atoms with E-state index in [-0.39, 0.29) is 0 Å². The van der Waals surface area contributed by atoms with Crippen LogP contribution in [0.1, 0.15) is 17.0 Å². The maximum atomic E-state index is 4.10. The van der Waals surface area contributed by atoms with Gasteiger partial charge in [-0.15, -0.1) is 5.54 Å². The van der Waals surface area contributed by atoms with Crippen molar-refractivity contribution in [2.75, 3.05) is 0 Å². The monoisotopic (exact) mass is 192 g/mol. The topological polar surface area (TPSA) is 28.7 Å². The summed E-state index contributed by atoms with van der Waals surface area (Å²) in [5, 5.41) is 7.04. The second kappa shape index (κ2) is 3.39. The van der Waals surface area contributed by atoms with Gasteiger partial charge >= 0.3 is 0 Å². The van der Waals surface area contributed by atoms with Crippen LogP contribution in [0.2, 0.25) is 19.6 Å². The van der Waals surface area contributed by atoms with Crippen LogP contribution in [-0.4, -0.2) is 18.3 Å². The van der Waals surface area contributed by atoms with Crippen LogP contribution in [0.4, 0.5) is 0 Å². The van der Waals surface area contributed by atoms with E-state index >= 15 is 0 Å². The summed E-state index contributed by atoms with van der Waals surface area (Å²) in [5.74, 6) is 3.22. The van der Waals surface area contributed by atoms with Gasteiger partial charge in [-0.05, 0) is 13.8 Å². The lowest BCUT2D eigenvalue weighted by Gasteiger charge is -2.03. The lowest BCUT2D eigenvalue weighted by Crippen LogP contribution is -2.16. The lowest BCUT2D eigenvalue weighted by atomic mass is 10.2. The van der Waals surface area contributed by atoms with Gasteiger partial charge in [0.15, 0.2) is 0 Å². The molecule has 0 aliphatic carbocycles. The molecule has 0 bridgehead atoms. The Balaban J connectivity index is 3.02. The summed E-state index contributed by atoms with van der Waals surface area (Å²) in [6.45, 7) is 10.7. The summed E-state index contributed by atoms with van der Waals surface area (Å²) in [4.78, 5) is 0. The molecule has 0 aliphatic heterocycles. The Bertz CT molecular complexity index is 341. The van der Waals surface area contributed by atoms with Crippen molar-refractivity contribution in [2.24, 2.45) is 0 Å². The molecule has 1 rings (SSSR count). The number of aromatic nitrogens is 2. The van der Waals surface area contributed by atoms with Crippen molar-refractivity contribution < 1.29 is 0 Å². The number of rotatable bonds is 0. The summed E-state index contributed by atoms with van der Waals surface area (Å²) in [6, 6.07) is 0. The fourth-order valence-corrected chi connectivity index (χ4v) is 1.49. The molecule has 1 N–H and O–H groups in total. The van der Waals surface area contributed by atoms with Gasteiger partial charge in [-0.2, -0.15) is 5.10 Å². The van der Waals surface area contributed by atoms with E-state index in [2.05, 4.69) is 41.3 Å². The van der Waals surface area contributed by atoms with Crippen LogP contribution < -0.4 is 0 Å². The second-order valence-electron chi connectivity index (χ2n) is 4.31. The highest BCUT2D eigenvalue weighted by Crippen LogP contribution is 2.07. The molecular weight excluding hydrogens is 176 g/mol. The Hall–Kier alpha value is -1.01. The van der Waals surface area contributed by atoms with Crippen molar-refractivity contribution in [3.63, 3.8) is 0 Å². The molecule has 0 saturated carbocycles. The third-order valence-electron chi connectivity index (χ3n) is 1.69. The molecule has 0 spiro atoms. The highest BCUT2D eigenvalue weighted by atomic mass is 28.3. The van der Waals surface area contributed by atoms with E-state index in [9.17, 15) is 0 Å². The first kappa shape index (κ1) is 10.1. The molecule has 70 valence electrons. The summed E-state index contributed by atoms with van der Waals surface area (Å²) >= 11 is 0. The van der Waals surface area contributed by atoms with E-state index in [1.54, 1.807) is 0 Å². The van der Waals surface area contributed by atoms with Crippen LogP contribution in [-0.2, 0) is 0 Å². The summed E-state index contributed by atoms with van der Waals surface area (Å²) < 4.78 is 0. The maximum Gasteiger partial charge on any atom is 0.129 e. The van der Waals surface area contributed by atoms with Gasteiger partial charge in [0.25, 0.3) is 0 Å². The fourth-order valence-electron chi connectivity index (χ4n) is 0.985. The van der Waals surface area contributed by atoms with Crippen LogP contribution in [0.25, 0.3) is 0 Å². The first-order valence-electron chi connectivity index (χ1n) is 4.45. The van der Waals surface area contributed by atoms with Gasteiger partial charge in [0, 0.05) is 5.69 Å². The van der Waals surface area contributed by atoms with E-state index in [1.165, 1.54) is 0 Å². The van der Waals surface area contributed by atoms with Crippen LogP contribution in [0, 0.1) is 25.3 Å². The Kier molecular flexibility index (Phi) is 2.62. The molecule has 0 aliphatic rings. The Morgan fingerprint density at radius 3 is 2.23 bits per heavy atom. The van der Waals surface area contributed by atoms with Gasteiger partial charge in [-0.25, -0.2) is 0 Å². The summed E-state index contributed by atoms with van der Waals surface area (Å²) in [6.07, 6.45) is 0. The molecule has 13 heavy (non-hydrogen) atoms. The first-order chi connectivity index (χ1) is 5.90. The van der Waals surface area contributed by atoms with Crippen LogP contribution in [0.15, 0.2) is 0 Å². The van der Waals surface area contributed by atoms with E-state index in [0.717, 1.165) is 17.0 Å². The number of nitrogens with zero attached hydrogens (tertiary/aromatic N) is 1. The van der Waals surface area contributed by atoms with Crippen LogP contribution >= 0.6 is 0 Å². The van der Waals surface area contributed by atoms with E-state index in [4.69, 9.17) is 0 Å². The Morgan fingerprint density at radius 1 is 1.23 bits per heavy atom. The molecule has 1 aromatic heterocycles. The van der Waals surface area contributed by atoms with Gasteiger partial charge in [0.05, 0.1) is 11.3 Å². The van der Waals surface area contributed by atoms with Crippen molar-refractivity contribution in [2.45, 2.75) is 33.5 Å². The van der Waals surface area contributed by atoms with Gasteiger partial charge in [0.2, 0.25) is 0 Å². The molecule has 1 aromatic rings. The number of nitrogens with one attached hydrogen (secondary N) is 1. The summed E-state index contributed by atoms with van der Waals surface area (Å²) in [5.41, 5.74) is 6.48. The molecule has 1 heterocycles. The van der Waals surface area contributed by atoms with Gasteiger partial charge in [-0.1, -0.05) is 25.6 Å². The van der Waals surface area contributed by atoms with E-state index in [0.29, 0.717) is 0 Å². The first-order valence-corrected chi connectivity index (χ1v) is 7.95. The zero-order valence-corrected chi connectivity index (χ0v) is 9.95. The van der Waals surface area contributed by atoms with Crippen molar-refractivity contribution in [3.05, 3.63) is 17.0 Å². The van der Waals surface area contributed by atoms with Gasteiger partial charge in [0.1, 0.15) is 8.07 Å². The number of aromatic amines is 1. The number of H-pyrrole nitrogens is 1. The lowest BCUT2D eigenvalue weighted by molar-refractivity contribution is 1.02. The number of aryl methyl sites for hydroxylation is 2. The second-order valence-corrected chi connectivity index (χ2v) is 9.06. The van der Waals surface area contributed by atoms with Gasteiger partial charge in [-0.3, -0.25) is 5.10 Å². The number of hydrogen-bond donors (Lipinski definition) is 1. The maximum absolute atomic E-state index is 4.10. The normalized spacial score (nSPS) is 10.8. The molecule has 3 heteroatoms. The largest absolute Gasteiger partial charge is 0.281 e. The average Bonchev–Trinajstić information content (AvgIpc) is 2.27. The molecule has 0 aromatic carbocycles. The summed E-state index contributed by atoms with van der Waals surface area (Å²) in [7, 11) is -1.26. The molecule has 0 atom stereocenters. The van der Waals surface area contributed by atoms with E-state index < -0.39 is 8.07 Å².